The third-order valence-electron chi connectivity index (χ3n) is 4.45. The highest BCUT2D eigenvalue weighted by atomic mass is 19.1. The second-order valence-corrected chi connectivity index (χ2v) is 6.42. The maximum Gasteiger partial charge on any atom is 0.262 e. The van der Waals surface area contributed by atoms with Crippen LogP contribution in [0, 0.1) is 5.82 Å². The predicted octanol–water partition coefficient (Wildman–Crippen LogP) is 3.44. The molecule has 27 heavy (non-hydrogen) atoms. The van der Waals surface area contributed by atoms with E-state index < -0.39 is 5.82 Å². The van der Waals surface area contributed by atoms with Crippen LogP contribution in [0.2, 0.25) is 0 Å². The third kappa shape index (κ3) is 3.97. The van der Waals surface area contributed by atoms with E-state index in [1.165, 1.54) is 18.2 Å². The van der Waals surface area contributed by atoms with E-state index >= 15 is 0 Å². The lowest BCUT2D eigenvalue weighted by molar-refractivity contribution is -0.118. The molecule has 4 rings (SSSR count). The lowest BCUT2D eigenvalue weighted by atomic mass is 10.1. The number of rotatable bonds is 5. The van der Waals surface area contributed by atoms with Crippen LogP contribution < -0.4 is 10.1 Å². The number of aromatic nitrogens is 3. The van der Waals surface area contributed by atoms with Gasteiger partial charge >= 0.3 is 0 Å². The van der Waals surface area contributed by atoms with Crippen molar-refractivity contribution in [2.75, 3.05) is 11.9 Å². The topological polar surface area (TPSA) is 69.0 Å². The number of nitrogens with one attached hydrogen (secondary N) is 1. The average molecular weight is 366 g/mol. The molecule has 1 N–H and O–H groups in total. The fraction of sp³-hybridized carbons (Fsp3) is 0.250. The van der Waals surface area contributed by atoms with Crippen LogP contribution in [0.1, 0.15) is 18.7 Å². The van der Waals surface area contributed by atoms with E-state index in [2.05, 4.69) is 20.1 Å². The molecule has 0 fully saturated rings. The van der Waals surface area contributed by atoms with Crippen molar-refractivity contribution in [2.24, 2.45) is 0 Å². The molecule has 1 aliphatic rings. The standard InChI is InChI=1S/C20H19FN4O2/c21-15-4-3-5-16(12-15)22-19(26)13-27-17-9-7-14(8-10-17)20-24-23-18-6-1-2-11-25(18)20/h3-5,7-10,12H,1-2,6,11,13H2,(H,22,26). The molecule has 2 aromatic carbocycles. The minimum absolute atomic E-state index is 0.157. The predicted molar refractivity (Wildman–Crippen MR) is 98.9 cm³/mol. The molecule has 0 atom stereocenters. The Balaban J connectivity index is 1.37. The molecule has 1 aromatic heterocycles. The normalized spacial score (nSPS) is 13.1. The fourth-order valence-electron chi connectivity index (χ4n) is 3.13. The zero-order valence-electron chi connectivity index (χ0n) is 14.7. The molecule has 3 aromatic rings. The molecule has 2 heterocycles. The van der Waals surface area contributed by atoms with Gasteiger partial charge in [-0.15, -0.1) is 10.2 Å². The summed E-state index contributed by atoms with van der Waals surface area (Å²) in [7, 11) is 0. The molecular weight excluding hydrogens is 347 g/mol. The summed E-state index contributed by atoms with van der Waals surface area (Å²) in [5.41, 5.74) is 1.36. The summed E-state index contributed by atoms with van der Waals surface area (Å²) in [6.07, 6.45) is 3.26. The highest BCUT2D eigenvalue weighted by Gasteiger charge is 2.16. The molecule has 0 aliphatic carbocycles. The first-order valence-electron chi connectivity index (χ1n) is 8.90. The lowest BCUT2D eigenvalue weighted by Gasteiger charge is -2.14. The molecule has 1 aliphatic heterocycles. The van der Waals surface area contributed by atoms with E-state index in [-0.39, 0.29) is 12.5 Å². The van der Waals surface area contributed by atoms with Gasteiger partial charge < -0.3 is 14.6 Å². The van der Waals surface area contributed by atoms with Gasteiger partial charge in [-0.1, -0.05) is 6.07 Å². The molecule has 0 bridgehead atoms. The van der Waals surface area contributed by atoms with Gasteiger partial charge in [0.2, 0.25) is 0 Å². The first-order chi connectivity index (χ1) is 13.2. The number of ether oxygens (including phenoxy) is 1. The van der Waals surface area contributed by atoms with Crippen LogP contribution in [0.4, 0.5) is 10.1 Å². The van der Waals surface area contributed by atoms with Crippen LogP contribution in [0.25, 0.3) is 11.4 Å². The minimum Gasteiger partial charge on any atom is -0.484 e. The van der Waals surface area contributed by atoms with Crippen molar-refractivity contribution in [3.8, 4) is 17.1 Å². The molecule has 7 heteroatoms. The average Bonchev–Trinajstić information content (AvgIpc) is 3.11. The first kappa shape index (κ1) is 17.2. The summed E-state index contributed by atoms with van der Waals surface area (Å²) in [6, 6.07) is 13.1. The van der Waals surface area contributed by atoms with Crippen molar-refractivity contribution in [3.63, 3.8) is 0 Å². The van der Waals surface area contributed by atoms with E-state index in [0.717, 1.165) is 43.0 Å². The largest absolute Gasteiger partial charge is 0.484 e. The highest BCUT2D eigenvalue weighted by molar-refractivity contribution is 5.91. The third-order valence-corrected chi connectivity index (χ3v) is 4.45. The van der Waals surface area contributed by atoms with Gasteiger partial charge in [0, 0.05) is 24.2 Å². The van der Waals surface area contributed by atoms with Crippen molar-refractivity contribution in [2.45, 2.75) is 25.8 Å². The van der Waals surface area contributed by atoms with Crippen LogP contribution in [0.15, 0.2) is 48.5 Å². The molecule has 6 nitrogen and oxygen atoms in total. The van der Waals surface area contributed by atoms with E-state index in [4.69, 9.17) is 4.74 Å². The summed E-state index contributed by atoms with van der Waals surface area (Å²) in [4.78, 5) is 11.9. The van der Waals surface area contributed by atoms with Crippen molar-refractivity contribution >= 4 is 11.6 Å². The quantitative estimate of drug-likeness (QED) is 0.751. The fourth-order valence-corrected chi connectivity index (χ4v) is 3.13. The number of benzene rings is 2. The number of anilines is 1. The van der Waals surface area contributed by atoms with Gasteiger partial charge in [0.15, 0.2) is 12.4 Å². The molecule has 0 saturated carbocycles. The number of nitrogens with zero attached hydrogens (tertiary/aromatic N) is 3. The van der Waals surface area contributed by atoms with Crippen LogP contribution in [-0.2, 0) is 17.8 Å². The molecule has 0 unspecified atom stereocenters. The van der Waals surface area contributed by atoms with E-state index in [0.29, 0.717) is 11.4 Å². The molecule has 0 spiro atoms. The number of aryl methyl sites for hydroxylation is 1. The van der Waals surface area contributed by atoms with Gasteiger partial charge in [0.1, 0.15) is 17.4 Å². The number of carbonyl (C=O) groups excluding carboxylic acids is 1. The van der Waals surface area contributed by atoms with Gasteiger partial charge in [-0.25, -0.2) is 4.39 Å². The Morgan fingerprint density at radius 2 is 2.00 bits per heavy atom. The van der Waals surface area contributed by atoms with E-state index in [1.807, 2.05) is 12.1 Å². The van der Waals surface area contributed by atoms with Crippen molar-refractivity contribution in [1.82, 2.24) is 14.8 Å². The summed E-state index contributed by atoms with van der Waals surface area (Å²) < 4.78 is 20.8. The van der Waals surface area contributed by atoms with Crippen LogP contribution in [0.3, 0.4) is 0 Å². The van der Waals surface area contributed by atoms with Crippen LogP contribution in [0.5, 0.6) is 5.75 Å². The van der Waals surface area contributed by atoms with E-state index in [9.17, 15) is 9.18 Å². The maximum atomic E-state index is 13.1. The number of hydrogen-bond donors (Lipinski definition) is 1. The summed E-state index contributed by atoms with van der Waals surface area (Å²) in [5, 5.41) is 11.2. The summed E-state index contributed by atoms with van der Waals surface area (Å²) in [5.74, 6) is 1.72. The monoisotopic (exact) mass is 366 g/mol. The number of halogens is 1. The summed E-state index contributed by atoms with van der Waals surface area (Å²) >= 11 is 0. The molecule has 1 amide bonds. The van der Waals surface area contributed by atoms with Crippen molar-refractivity contribution in [1.29, 1.82) is 0 Å². The van der Waals surface area contributed by atoms with Gasteiger partial charge in [0.25, 0.3) is 5.91 Å². The number of carbonyl (C=O) groups is 1. The van der Waals surface area contributed by atoms with Crippen molar-refractivity contribution < 1.29 is 13.9 Å². The molecule has 138 valence electrons. The van der Waals surface area contributed by atoms with Gasteiger partial charge in [-0.3, -0.25) is 4.79 Å². The Labute approximate surface area is 156 Å². The first-order valence-corrected chi connectivity index (χ1v) is 8.90. The Hall–Kier alpha value is -3.22. The Morgan fingerprint density at radius 1 is 1.15 bits per heavy atom. The smallest absolute Gasteiger partial charge is 0.262 e. The van der Waals surface area contributed by atoms with Gasteiger partial charge in [-0.05, 0) is 55.3 Å². The molecule has 0 saturated heterocycles. The lowest BCUT2D eigenvalue weighted by Crippen LogP contribution is -2.20. The second kappa shape index (κ2) is 7.57. The van der Waals surface area contributed by atoms with E-state index in [1.54, 1.807) is 18.2 Å². The number of hydrogen-bond acceptors (Lipinski definition) is 4. The zero-order chi connectivity index (χ0) is 18.6. The number of fused-ring (bicyclic) bond motifs is 1. The number of amides is 1. The molecular formula is C20H19FN4O2. The van der Waals surface area contributed by atoms with Gasteiger partial charge in [0.05, 0.1) is 0 Å². The SMILES string of the molecule is O=C(COc1ccc(-c2nnc3n2CCCC3)cc1)Nc1cccc(F)c1. The van der Waals surface area contributed by atoms with Crippen LogP contribution in [-0.4, -0.2) is 27.3 Å². The second-order valence-electron chi connectivity index (χ2n) is 6.42. The maximum absolute atomic E-state index is 13.1. The van der Waals surface area contributed by atoms with Gasteiger partial charge in [-0.2, -0.15) is 0 Å². The Bertz CT molecular complexity index is 953. The summed E-state index contributed by atoms with van der Waals surface area (Å²) in [6.45, 7) is 0.784. The zero-order valence-corrected chi connectivity index (χ0v) is 14.7. The van der Waals surface area contributed by atoms with Crippen LogP contribution >= 0.6 is 0 Å². The minimum atomic E-state index is -0.403. The van der Waals surface area contributed by atoms with Crippen molar-refractivity contribution in [3.05, 3.63) is 60.2 Å². The molecule has 0 radical (unpaired) electrons. The Morgan fingerprint density at radius 3 is 2.81 bits per heavy atom. The highest BCUT2D eigenvalue weighted by Crippen LogP contribution is 2.24. The Kier molecular flexibility index (Phi) is 4.82.